The molecule has 23 heavy (non-hydrogen) atoms. The molecule has 0 bridgehead atoms. The van der Waals surface area contributed by atoms with Gasteiger partial charge in [-0.1, -0.05) is 30.3 Å². The molecule has 5 heteroatoms. The zero-order valence-electron chi connectivity index (χ0n) is 12.7. The fourth-order valence-electron chi connectivity index (χ4n) is 3.14. The summed E-state index contributed by atoms with van der Waals surface area (Å²) >= 11 is 0. The van der Waals surface area contributed by atoms with Crippen LogP contribution in [0.25, 0.3) is 21.8 Å². The Kier molecular flexibility index (Phi) is 2.94. The average Bonchev–Trinajstić information content (AvgIpc) is 3.10. The Morgan fingerprint density at radius 1 is 1.13 bits per heavy atom. The minimum absolute atomic E-state index is 0.411. The van der Waals surface area contributed by atoms with Crippen LogP contribution in [0.5, 0.6) is 0 Å². The van der Waals surface area contributed by atoms with Gasteiger partial charge in [0.2, 0.25) is 0 Å². The number of benzene rings is 2. The molecule has 0 aliphatic rings. The standard InChI is InChI=1S/C18H16N4O/c1-21-11-15(18(19)23)13-7-8-16-14(17(13)21)9-20-22(16)10-12-5-3-2-4-6-12/h2-9,11H,10H2,1H3,(H2,19,23). The zero-order chi connectivity index (χ0) is 16.0. The van der Waals surface area contributed by atoms with E-state index in [9.17, 15) is 4.79 Å². The van der Waals surface area contributed by atoms with E-state index in [4.69, 9.17) is 5.73 Å². The van der Waals surface area contributed by atoms with Crippen molar-refractivity contribution in [1.29, 1.82) is 0 Å². The first-order valence-corrected chi connectivity index (χ1v) is 7.42. The van der Waals surface area contributed by atoms with Gasteiger partial charge in [0.05, 0.1) is 29.3 Å². The molecule has 114 valence electrons. The first kappa shape index (κ1) is 13.6. The summed E-state index contributed by atoms with van der Waals surface area (Å²) in [5, 5.41) is 6.41. The van der Waals surface area contributed by atoms with Crippen molar-refractivity contribution < 1.29 is 4.79 Å². The van der Waals surface area contributed by atoms with E-state index < -0.39 is 5.91 Å². The van der Waals surface area contributed by atoms with E-state index in [0.29, 0.717) is 12.1 Å². The van der Waals surface area contributed by atoms with Crippen LogP contribution in [0.3, 0.4) is 0 Å². The van der Waals surface area contributed by atoms with Gasteiger partial charge < -0.3 is 10.3 Å². The Morgan fingerprint density at radius 2 is 1.91 bits per heavy atom. The van der Waals surface area contributed by atoms with Crippen LogP contribution in [-0.2, 0) is 13.6 Å². The maximum atomic E-state index is 11.6. The van der Waals surface area contributed by atoms with Crippen molar-refractivity contribution in [2.24, 2.45) is 12.8 Å². The molecule has 0 saturated carbocycles. The number of amides is 1. The molecule has 2 aromatic carbocycles. The third kappa shape index (κ3) is 2.09. The van der Waals surface area contributed by atoms with E-state index in [1.807, 2.05) is 52.8 Å². The molecule has 4 rings (SSSR count). The van der Waals surface area contributed by atoms with Gasteiger partial charge in [-0.3, -0.25) is 9.48 Å². The first-order chi connectivity index (χ1) is 11.1. The number of hydrogen-bond acceptors (Lipinski definition) is 2. The van der Waals surface area contributed by atoms with Gasteiger partial charge in [0, 0.05) is 24.0 Å². The molecule has 2 N–H and O–H groups in total. The van der Waals surface area contributed by atoms with E-state index in [1.165, 1.54) is 5.56 Å². The summed E-state index contributed by atoms with van der Waals surface area (Å²) in [4.78, 5) is 11.6. The Morgan fingerprint density at radius 3 is 2.65 bits per heavy atom. The minimum Gasteiger partial charge on any atom is -0.366 e. The van der Waals surface area contributed by atoms with Gasteiger partial charge in [-0.05, 0) is 17.7 Å². The fourth-order valence-corrected chi connectivity index (χ4v) is 3.14. The van der Waals surface area contributed by atoms with E-state index in [-0.39, 0.29) is 0 Å². The topological polar surface area (TPSA) is 65.8 Å². The zero-order valence-corrected chi connectivity index (χ0v) is 12.7. The highest BCUT2D eigenvalue weighted by Gasteiger charge is 2.15. The lowest BCUT2D eigenvalue weighted by Gasteiger charge is -2.05. The molecule has 4 aromatic rings. The Hall–Kier alpha value is -3.08. The first-order valence-electron chi connectivity index (χ1n) is 7.42. The molecule has 0 unspecified atom stereocenters. The van der Waals surface area contributed by atoms with Crippen LogP contribution in [0, 0.1) is 0 Å². The summed E-state index contributed by atoms with van der Waals surface area (Å²) in [7, 11) is 1.92. The lowest BCUT2D eigenvalue weighted by Crippen LogP contribution is -2.10. The summed E-state index contributed by atoms with van der Waals surface area (Å²) in [5.74, 6) is -0.411. The van der Waals surface area contributed by atoms with Gasteiger partial charge in [0.25, 0.3) is 5.91 Å². The summed E-state index contributed by atoms with van der Waals surface area (Å²) in [6.45, 7) is 0.711. The number of aryl methyl sites for hydroxylation is 1. The van der Waals surface area contributed by atoms with E-state index >= 15 is 0 Å². The maximum absolute atomic E-state index is 11.6. The maximum Gasteiger partial charge on any atom is 0.250 e. The average molecular weight is 304 g/mol. The fraction of sp³-hybridized carbons (Fsp3) is 0.111. The molecule has 0 radical (unpaired) electrons. The highest BCUT2D eigenvalue weighted by molar-refractivity contribution is 6.13. The third-order valence-electron chi connectivity index (χ3n) is 4.20. The number of fused-ring (bicyclic) bond motifs is 3. The van der Waals surface area contributed by atoms with Crippen molar-refractivity contribution in [3.05, 3.63) is 66.0 Å². The summed E-state index contributed by atoms with van der Waals surface area (Å²) < 4.78 is 3.91. The van der Waals surface area contributed by atoms with Gasteiger partial charge in [-0.2, -0.15) is 5.10 Å². The van der Waals surface area contributed by atoms with Crippen molar-refractivity contribution >= 4 is 27.7 Å². The number of primary amides is 1. The van der Waals surface area contributed by atoms with Crippen LogP contribution in [0.15, 0.2) is 54.9 Å². The van der Waals surface area contributed by atoms with Crippen LogP contribution in [0.4, 0.5) is 0 Å². The van der Waals surface area contributed by atoms with E-state index in [2.05, 4.69) is 17.2 Å². The quantitative estimate of drug-likeness (QED) is 0.632. The van der Waals surface area contributed by atoms with Crippen LogP contribution < -0.4 is 5.73 Å². The second kappa shape index (κ2) is 4.98. The normalized spacial score (nSPS) is 11.3. The van der Waals surface area contributed by atoms with Crippen molar-refractivity contribution in [3.63, 3.8) is 0 Å². The van der Waals surface area contributed by atoms with Gasteiger partial charge >= 0.3 is 0 Å². The van der Waals surface area contributed by atoms with Crippen molar-refractivity contribution in [1.82, 2.24) is 14.3 Å². The number of nitrogens with zero attached hydrogens (tertiary/aromatic N) is 3. The number of carbonyl (C=O) groups is 1. The molecule has 0 aliphatic carbocycles. The Bertz CT molecular complexity index is 1030. The molecule has 2 heterocycles. The number of rotatable bonds is 3. The molecule has 0 aliphatic heterocycles. The summed E-state index contributed by atoms with van der Waals surface area (Å²) in [6.07, 6.45) is 3.63. The number of hydrogen-bond donors (Lipinski definition) is 1. The number of carbonyl (C=O) groups excluding carboxylic acids is 1. The third-order valence-corrected chi connectivity index (χ3v) is 4.20. The molecule has 0 fully saturated rings. The second-order valence-electron chi connectivity index (χ2n) is 5.70. The Labute approximate surface area is 132 Å². The second-order valence-corrected chi connectivity index (χ2v) is 5.70. The predicted octanol–water partition coefficient (Wildman–Crippen LogP) is 2.68. The van der Waals surface area contributed by atoms with Gasteiger partial charge in [-0.25, -0.2) is 0 Å². The van der Waals surface area contributed by atoms with Crippen LogP contribution in [0.1, 0.15) is 15.9 Å². The molecule has 0 saturated heterocycles. The number of aromatic nitrogens is 3. The van der Waals surface area contributed by atoms with E-state index in [1.54, 1.807) is 6.20 Å². The molecular weight excluding hydrogens is 288 g/mol. The van der Waals surface area contributed by atoms with Gasteiger partial charge in [0.1, 0.15) is 0 Å². The monoisotopic (exact) mass is 304 g/mol. The molecular formula is C18H16N4O. The number of nitrogens with two attached hydrogens (primary N) is 1. The van der Waals surface area contributed by atoms with Crippen LogP contribution in [0.2, 0.25) is 0 Å². The molecule has 2 aromatic heterocycles. The smallest absolute Gasteiger partial charge is 0.250 e. The predicted molar refractivity (Wildman–Crippen MR) is 90.3 cm³/mol. The Balaban J connectivity index is 1.91. The lowest BCUT2D eigenvalue weighted by atomic mass is 10.1. The van der Waals surface area contributed by atoms with E-state index in [0.717, 1.165) is 21.8 Å². The van der Waals surface area contributed by atoms with Crippen LogP contribution in [-0.4, -0.2) is 20.3 Å². The van der Waals surface area contributed by atoms with Crippen molar-refractivity contribution in [2.75, 3.05) is 0 Å². The summed E-state index contributed by atoms with van der Waals surface area (Å²) in [5.41, 5.74) is 9.23. The molecule has 5 nitrogen and oxygen atoms in total. The van der Waals surface area contributed by atoms with Gasteiger partial charge in [-0.15, -0.1) is 0 Å². The molecule has 1 amide bonds. The summed E-state index contributed by atoms with van der Waals surface area (Å²) in [6, 6.07) is 14.2. The van der Waals surface area contributed by atoms with Crippen molar-refractivity contribution in [2.45, 2.75) is 6.54 Å². The lowest BCUT2D eigenvalue weighted by molar-refractivity contribution is 0.100. The van der Waals surface area contributed by atoms with Crippen molar-refractivity contribution in [3.8, 4) is 0 Å². The SMILES string of the molecule is Cn1cc(C(N)=O)c2ccc3c(cnn3Cc3ccccc3)c21. The highest BCUT2D eigenvalue weighted by Crippen LogP contribution is 2.29. The van der Waals surface area contributed by atoms with Gasteiger partial charge in [0.15, 0.2) is 0 Å². The molecule has 0 spiro atoms. The highest BCUT2D eigenvalue weighted by atomic mass is 16.1. The minimum atomic E-state index is -0.411. The largest absolute Gasteiger partial charge is 0.366 e. The molecule has 0 atom stereocenters. The van der Waals surface area contributed by atoms with Crippen LogP contribution >= 0.6 is 0 Å².